The van der Waals surface area contributed by atoms with Crippen LogP contribution >= 0.6 is 0 Å². The van der Waals surface area contributed by atoms with Crippen molar-refractivity contribution in [3.63, 3.8) is 0 Å². The molecule has 0 aliphatic rings. The highest BCUT2D eigenvalue weighted by Crippen LogP contribution is 1.64. The second-order valence-corrected chi connectivity index (χ2v) is 1.49. The summed E-state index contributed by atoms with van der Waals surface area (Å²) in [6, 6.07) is 0. The topological polar surface area (TPSA) is 47.3 Å². The maximum absolute atomic E-state index is 5.09. The van der Waals surface area contributed by atoms with Gasteiger partial charge in [0.2, 0.25) is 0 Å². The Balaban J connectivity index is 0. The molecule has 0 bridgehead atoms. The highest BCUT2D eigenvalue weighted by molar-refractivity contribution is 4.25. The molecule has 9 heavy (non-hydrogen) atoms. The molecule has 0 spiro atoms. The van der Waals surface area contributed by atoms with E-state index in [1.165, 1.54) is 0 Å². The molecule has 0 fully saturated rings. The fourth-order valence-electron chi connectivity index (χ4n) is 0.228. The van der Waals surface area contributed by atoms with Crippen LogP contribution in [0.15, 0.2) is 0 Å². The normalized spacial score (nSPS) is 8.00. The van der Waals surface area contributed by atoms with E-state index in [0.29, 0.717) is 13.2 Å². The quantitative estimate of drug-likeness (QED) is 0.526. The van der Waals surface area contributed by atoms with E-state index in [0.717, 1.165) is 6.61 Å². The zero-order chi connectivity index (χ0) is 7.54. The lowest BCUT2D eigenvalue weighted by molar-refractivity contribution is 0.155. The zero-order valence-electron chi connectivity index (χ0n) is 6.61. The molecule has 0 unspecified atom stereocenters. The third-order valence-corrected chi connectivity index (χ3v) is 0.466. The molecule has 0 aromatic carbocycles. The summed E-state index contributed by atoms with van der Waals surface area (Å²) in [6.07, 6.45) is 0. The Morgan fingerprint density at radius 3 is 2.00 bits per heavy atom. The van der Waals surface area contributed by atoms with E-state index in [9.17, 15) is 0 Å². The highest BCUT2D eigenvalue weighted by atomic mass is 16.5. The monoisotopic (exact) mass is 134 g/mol. The summed E-state index contributed by atoms with van der Waals surface area (Å²) < 4.78 is 4.86. The van der Waals surface area contributed by atoms with Gasteiger partial charge < -0.3 is 15.8 Å². The first-order chi connectivity index (χ1) is 4.33. The van der Waals surface area contributed by atoms with Crippen LogP contribution in [0.3, 0.4) is 0 Å². The molecule has 0 radical (unpaired) electrons. The van der Waals surface area contributed by atoms with Gasteiger partial charge in [0, 0.05) is 13.2 Å². The number of hydrogen-bond acceptors (Lipinski definition) is 3. The zero-order valence-corrected chi connectivity index (χ0v) is 6.61. The Labute approximate surface area is 57.6 Å². The van der Waals surface area contributed by atoms with Gasteiger partial charge in [0.1, 0.15) is 0 Å². The van der Waals surface area contributed by atoms with Crippen LogP contribution in [0.25, 0.3) is 0 Å². The largest absolute Gasteiger partial charge is 0.380 e. The lowest BCUT2D eigenvalue weighted by atomic mass is 10.7. The van der Waals surface area contributed by atoms with Crippen molar-refractivity contribution >= 4 is 0 Å². The first-order valence-corrected chi connectivity index (χ1v) is 3.19. The van der Waals surface area contributed by atoms with Gasteiger partial charge in [-0.1, -0.05) is 0 Å². The Hall–Kier alpha value is -0.120. The van der Waals surface area contributed by atoms with Crippen LogP contribution in [0.1, 0.15) is 6.92 Å². The van der Waals surface area contributed by atoms with Crippen molar-refractivity contribution < 1.29 is 4.74 Å². The number of rotatable bonds is 3. The summed E-state index contributed by atoms with van der Waals surface area (Å²) in [7, 11) is 3.75. The highest BCUT2D eigenvalue weighted by Gasteiger charge is 1.72. The van der Waals surface area contributed by atoms with Gasteiger partial charge in [-0.25, -0.2) is 0 Å². The van der Waals surface area contributed by atoms with Gasteiger partial charge in [0.05, 0.1) is 6.61 Å². The molecule has 0 aliphatic heterocycles. The van der Waals surface area contributed by atoms with Gasteiger partial charge in [-0.05, 0) is 21.0 Å². The van der Waals surface area contributed by atoms with Crippen LogP contribution < -0.4 is 11.1 Å². The standard InChI is InChI=1S/C4H11NO.C2H7N/c1-2-6-4-3-5;1-3-2/h2-5H2,1H3;3H,1-2H3. The molecule has 0 aliphatic carbocycles. The molecular weight excluding hydrogens is 116 g/mol. The van der Waals surface area contributed by atoms with Gasteiger partial charge in [-0.3, -0.25) is 0 Å². The summed E-state index contributed by atoms with van der Waals surface area (Å²) in [5, 5.41) is 2.75. The Morgan fingerprint density at radius 1 is 1.44 bits per heavy atom. The van der Waals surface area contributed by atoms with E-state index in [1.54, 1.807) is 0 Å². The van der Waals surface area contributed by atoms with E-state index in [2.05, 4.69) is 5.32 Å². The Morgan fingerprint density at radius 2 is 1.89 bits per heavy atom. The summed E-state index contributed by atoms with van der Waals surface area (Å²) in [5.41, 5.74) is 5.09. The second-order valence-electron chi connectivity index (χ2n) is 1.49. The average Bonchev–Trinajstić information content (AvgIpc) is 1.86. The maximum atomic E-state index is 5.09. The molecule has 0 amide bonds. The van der Waals surface area contributed by atoms with Gasteiger partial charge in [0.25, 0.3) is 0 Å². The van der Waals surface area contributed by atoms with Gasteiger partial charge in [-0.15, -0.1) is 0 Å². The molecule has 0 heterocycles. The minimum atomic E-state index is 0.633. The SMILES string of the molecule is CCOCCN.CNC. The first kappa shape index (κ1) is 11.6. The van der Waals surface area contributed by atoms with Crippen molar-refractivity contribution in [2.45, 2.75) is 6.92 Å². The molecule has 3 nitrogen and oxygen atoms in total. The predicted molar refractivity (Wildman–Crippen MR) is 40.5 cm³/mol. The molecule has 0 aromatic rings. The number of nitrogens with two attached hydrogens (primary N) is 1. The summed E-state index contributed by atoms with van der Waals surface area (Å²) in [6.45, 7) is 4.05. The van der Waals surface area contributed by atoms with Crippen LogP contribution in [0.2, 0.25) is 0 Å². The Bertz CT molecular complexity index is 30.2. The van der Waals surface area contributed by atoms with Crippen molar-refractivity contribution in [1.29, 1.82) is 0 Å². The third-order valence-electron chi connectivity index (χ3n) is 0.466. The molecule has 3 heteroatoms. The molecule has 3 N–H and O–H groups in total. The summed E-state index contributed by atoms with van der Waals surface area (Å²) >= 11 is 0. The first-order valence-electron chi connectivity index (χ1n) is 3.19. The molecule has 0 saturated carbocycles. The van der Waals surface area contributed by atoms with Gasteiger partial charge >= 0.3 is 0 Å². The smallest absolute Gasteiger partial charge is 0.0588 e. The van der Waals surface area contributed by atoms with Crippen molar-refractivity contribution in [3.05, 3.63) is 0 Å². The number of nitrogens with one attached hydrogen (secondary N) is 1. The molecule has 58 valence electrons. The number of hydrogen-bond donors (Lipinski definition) is 2. The van der Waals surface area contributed by atoms with Gasteiger partial charge in [-0.2, -0.15) is 0 Å². The van der Waals surface area contributed by atoms with Crippen LogP contribution in [0.4, 0.5) is 0 Å². The minimum absolute atomic E-state index is 0.633. The Kier molecular flexibility index (Phi) is 20.3. The molecule has 0 saturated heterocycles. The van der Waals surface area contributed by atoms with Crippen LogP contribution in [-0.2, 0) is 4.74 Å². The molecular formula is C6H18N2O. The fourth-order valence-corrected chi connectivity index (χ4v) is 0.228. The van der Waals surface area contributed by atoms with Crippen molar-refractivity contribution in [2.75, 3.05) is 33.9 Å². The lowest BCUT2D eigenvalue weighted by Crippen LogP contribution is -2.07. The maximum Gasteiger partial charge on any atom is 0.0588 e. The van der Waals surface area contributed by atoms with Crippen LogP contribution in [0, 0.1) is 0 Å². The van der Waals surface area contributed by atoms with E-state index >= 15 is 0 Å². The van der Waals surface area contributed by atoms with Crippen molar-refractivity contribution in [3.8, 4) is 0 Å². The van der Waals surface area contributed by atoms with Crippen LogP contribution in [-0.4, -0.2) is 33.9 Å². The molecule has 0 aromatic heterocycles. The average molecular weight is 134 g/mol. The molecule has 0 rings (SSSR count). The lowest BCUT2D eigenvalue weighted by Gasteiger charge is -1.91. The predicted octanol–water partition coefficient (Wildman–Crippen LogP) is -0.183. The fraction of sp³-hybridized carbons (Fsp3) is 1.00. The van der Waals surface area contributed by atoms with E-state index in [-0.39, 0.29) is 0 Å². The third kappa shape index (κ3) is 32.8. The summed E-state index contributed by atoms with van der Waals surface area (Å²) in [4.78, 5) is 0. The van der Waals surface area contributed by atoms with E-state index in [4.69, 9.17) is 10.5 Å². The van der Waals surface area contributed by atoms with E-state index in [1.807, 2.05) is 21.0 Å². The van der Waals surface area contributed by atoms with Crippen molar-refractivity contribution in [2.24, 2.45) is 5.73 Å². The second kappa shape index (κ2) is 15.7. The van der Waals surface area contributed by atoms with Crippen LogP contribution in [0.5, 0.6) is 0 Å². The van der Waals surface area contributed by atoms with E-state index < -0.39 is 0 Å². The van der Waals surface area contributed by atoms with Gasteiger partial charge in [0.15, 0.2) is 0 Å². The van der Waals surface area contributed by atoms with Crippen molar-refractivity contribution in [1.82, 2.24) is 5.32 Å². The summed E-state index contributed by atoms with van der Waals surface area (Å²) in [5.74, 6) is 0. The molecule has 0 atom stereocenters. The number of ether oxygens (including phenoxy) is 1. The minimum Gasteiger partial charge on any atom is -0.380 e.